The Labute approximate surface area is 101 Å². The second-order valence-electron chi connectivity index (χ2n) is 4.28. The number of carbonyl (C=O) groups excluding carboxylic acids is 1. The zero-order valence-corrected chi connectivity index (χ0v) is 10.1. The van der Waals surface area contributed by atoms with Gasteiger partial charge < -0.3 is 10.6 Å². The molecule has 1 aromatic rings. The van der Waals surface area contributed by atoms with Crippen LogP contribution >= 0.6 is 0 Å². The fraction of sp³-hybridized carbons (Fsp3) is 0.583. The van der Waals surface area contributed by atoms with Crippen molar-refractivity contribution >= 4 is 11.7 Å². The van der Waals surface area contributed by atoms with E-state index in [0.29, 0.717) is 17.6 Å². The molecule has 1 fully saturated rings. The molecule has 1 heterocycles. The number of hydrogen-bond acceptors (Lipinski definition) is 4. The Morgan fingerprint density at radius 2 is 2.18 bits per heavy atom. The summed E-state index contributed by atoms with van der Waals surface area (Å²) in [6.07, 6.45) is 7.48. The van der Waals surface area contributed by atoms with Gasteiger partial charge in [0.1, 0.15) is 0 Å². The molecular formula is C12H18N4O. The summed E-state index contributed by atoms with van der Waals surface area (Å²) >= 11 is 0. The molecule has 0 aromatic carbocycles. The van der Waals surface area contributed by atoms with Crippen LogP contribution in [-0.4, -0.2) is 28.5 Å². The van der Waals surface area contributed by atoms with Gasteiger partial charge in [-0.1, -0.05) is 6.92 Å². The van der Waals surface area contributed by atoms with E-state index < -0.39 is 0 Å². The van der Waals surface area contributed by atoms with Crippen LogP contribution in [0.1, 0.15) is 43.1 Å². The van der Waals surface area contributed by atoms with Crippen LogP contribution < -0.4 is 10.6 Å². The molecule has 92 valence electrons. The first-order chi connectivity index (χ1) is 8.31. The second-order valence-corrected chi connectivity index (χ2v) is 4.28. The molecule has 5 nitrogen and oxygen atoms in total. The van der Waals surface area contributed by atoms with Crippen LogP contribution in [0.2, 0.25) is 0 Å². The Morgan fingerprint density at radius 3 is 2.82 bits per heavy atom. The van der Waals surface area contributed by atoms with E-state index in [9.17, 15) is 4.79 Å². The molecule has 1 aliphatic rings. The Bertz CT molecular complexity index is 390. The molecule has 0 atom stereocenters. The molecule has 0 saturated heterocycles. The van der Waals surface area contributed by atoms with Gasteiger partial charge in [-0.2, -0.15) is 0 Å². The summed E-state index contributed by atoms with van der Waals surface area (Å²) in [6.45, 7) is 2.86. The molecule has 17 heavy (non-hydrogen) atoms. The molecule has 0 aliphatic heterocycles. The minimum Gasteiger partial charge on any atom is -0.368 e. The zero-order chi connectivity index (χ0) is 12.1. The van der Waals surface area contributed by atoms with E-state index >= 15 is 0 Å². The smallest absolute Gasteiger partial charge is 0.273 e. The maximum absolute atomic E-state index is 12.0. The Morgan fingerprint density at radius 1 is 1.41 bits per heavy atom. The number of rotatable bonds is 5. The lowest BCUT2D eigenvalue weighted by molar-refractivity contribution is 0.0912. The Hall–Kier alpha value is -1.65. The molecule has 1 saturated carbocycles. The Balaban J connectivity index is 2.04. The van der Waals surface area contributed by atoms with Crippen LogP contribution in [-0.2, 0) is 0 Å². The number of nitrogens with one attached hydrogen (secondary N) is 2. The van der Waals surface area contributed by atoms with Crippen molar-refractivity contribution in [3.63, 3.8) is 0 Å². The van der Waals surface area contributed by atoms with Crippen LogP contribution in [0.15, 0.2) is 12.4 Å². The van der Waals surface area contributed by atoms with Crippen LogP contribution in [0.3, 0.4) is 0 Å². The highest BCUT2D eigenvalue weighted by atomic mass is 16.2. The maximum atomic E-state index is 12.0. The summed E-state index contributed by atoms with van der Waals surface area (Å²) in [4.78, 5) is 20.2. The van der Waals surface area contributed by atoms with E-state index in [1.807, 2.05) is 0 Å². The van der Waals surface area contributed by atoms with Gasteiger partial charge in [0.2, 0.25) is 0 Å². The summed E-state index contributed by atoms with van der Waals surface area (Å²) in [5.41, 5.74) is 0.396. The van der Waals surface area contributed by atoms with Crippen molar-refractivity contribution < 1.29 is 4.79 Å². The molecule has 1 aromatic heterocycles. The van der Waals surface area contributed by atoms with Crippen molar-refractivity contribution in [2.45, 2.75) is 38.6 Å². The van der Waals surface area contributed by atoms with E-state index in [0.717, 1.165) is 25.8 Å². The van der Waals surface area contributed by atoms with Gasteiger partial charge in [-0.15, -0.1) is 0 Å². The molecule has 0 bridgehead atoms. The number of amides is 1. The number of carbonyl (C=O) groups is 1. The van der Waals surface area contributed by atoms with Crippen LogP contribution in [0, 0.1) is 0 Å². The zero-order valence-electron chi connectivity index (χ0n) is 10.1. The van der Waals surface area contributed by atoms with Gasteiger partial charge in [0, 0.05) is 25.0 Å². The van der Waals surface area contributed by atoms with Crippen LogP contribution in [0.4, 0.5) is 5.82 Å². The molecule has 2 rings (SSSR count). The third-order valence-corrected chi connectivity index (χ3v) is 2.90. The fourth-order valence-corrected chi connectivity index (χ4v) is 1.68. The Kier molecular flexibility index (Phi) is 3.90. The van der Waals surface area contributed by atoms with Gasteiger partial charge in [0.15, 0.2) is 11.5 Å². The standard InChI is InChI=1S/C12H18N4O/c1-2-6-14-11-10(13-7-8-15-11)12(17)16-9-4-3-5-9/h7-9H,2-6H2,1H3,(H,14,15)(H,16,17). The van der Waals surface area contributed by atoms with Crippen LogP contribution in [0.25, 0.3) is 0 Å². The third kappa shape index (κ3) is 2.93. The minimum absolute atomic E-state index is 0.124. The lowest BCUT2D eigenvalue weighted by Gasteiger charge is -2.26. The monoisotopic (exact) mass is 234 g/mol. The number of nitrogens with zero attached hydrogens (tertiary/aromatic N) is 2. The van der Waals surface area contributed by atoms with Crippen LogP contribution in [0.5, 0.6) is 0 Å². The average Bonchev–Trinajstić information content (AvgIpc) is 2.31. The van der Waals surface area contributed by atoms with Gasteiger partial charge in [-0.05, 0) is 25.7 Å². The molecule has 0 unspecified atom stereocenters. The highest BCUT2D eigenvalue weighted by Gasteiger charge is 2.22. The van der Waals surface area contributed by atoms with Gasteiger partial charge >= 0.3 is 0 Å². The number of anilines is 1. The van der Waals surface area contributed by atoms with Crippen molar-refractivity contribution in [2.24, 2.45) is 0 Å². The number of aromatic nitrogens is 2. The summed E-state index contributed by atoms with van der Waals surface area (Å²) in [7, 11) is 0. The lowest BCUT2D eigenvalue weighted by atomic mass is 9.93. The lowest BCUT2D eigenvalue weighted by Crippen LogP contribution is -2.40. The third-order valence-electron chi connectivity index (χ3n) is 2.90. The molecule has 2 N–H and O–H groups in total. The normalized spacial score (nSPS) is 15.1. The van der Waals surface area contributed by atoms with E-state index in [-0.39, 0.29) is 5.91 Å². The van der Waals surface area contributed by atoms with Crippen molar-refractivity contribution in [3.8, 4) is 0 Å². The molecular weight excluding hydrogens is 216 g/mol. The van der Waals surface area contributed by atoms with Gasteiger partial charge in [-0.3, -0.25) is 4.79 Å². The van der Waals surface area contributed by atoms with Gasteiger partial charge in [0.25, 0.3) is 5.91 Å². The first-order valence-corrected chi connectivity index (χ1v) is 6.17. The van der Waals surface area contributed by atoms with Crippen molar-refractivity contribution in [1.82, 2.24) is 15.3 Å². The molecule has 5 heteroatoms. The summed E-state index contributed by atoms with van der Waals surface area (Å²) < 4.78 is 0. The molecule has 0 spiro atoms. The van der Waals surface area contributed by atoms with Crippen molar-refractivity contribution in [1.29, 1.82) is 0 Å². The minimum atomic E-state index is -0.124. The SMILES string of the molecule is CCCNc1nccnc1C(=O)NC1CCC1. The van der Waals surface area contributed by atoms with Gasteiger partial charge in [-0.25, -0.2) is 9.97 Å². The van der Waals surface area contributed by atoms with E-state index in [2.05, 4.69) is 27.5 Å². The highest BCUT2D eigenvalue weighted by Crippen LogP contribution is 2.19. The largest absolute Gasteiger partial charge is 0.368 e. The first kappa shape index (κ1) is 11.8. The number of hydrogen-bond donors (Lipinski definition) is 2. The summed E-state index contributed by atoms with van der Waals surface area (Å²) in [6, 6.07) is 0.323. The molecule has 0 radical (unpaired) electrons. The van der Waals surface area contributed by atoms with Crippen molar-refractivity contribution in [2.75, 3.05) is 11.9 Å². The van der Waals surface area contributed by atoms with E-state index in [4.69, 9.17) is 0 Å². The summed E-state index contributed by atoms with van der Waals surface area (Å²) in [5, 5.41) is 6.09. The van der Waals surface area contributed by atoms with E-state index in [1.165, 1.54) is 6.42 Å². The summed E-state index contributed by atoms with van der Waals surface area (Å²) in [5.74, 6) is 0.451. The predicted octanol–water partition coefficient (Wildman–Crippen LogP) is 1.58. The van der Waals surface area contributed by atoms with Crippen molar-refractivity contribution in [3.05, 3.63) is 18.1 Å². The topological polar surface area (TPSA) is 66.9 Å². The predicted molar refractivity (Wildman–Crippen MR) is 65.9 cm³/mol. The second kappa shape index (κ2) is 5.61. The highest BCUT2D eigenvalue weighted by molar-refractivity contribution is 5.96. The average molecular weight is 234 g/mol. The maximum Gasteiger partial charge on any atom is 0.273 e. The van der Waals surface area contributed by atoms with E-state index in [1.54, 1.807) is 12.4 Å². The molecule has 1 aliphatic carbocycles. The van der Waals surface area contributed by atoms with Gasteiger partial charge in [0.05, 0.1) is 0 Å². The first-order valence-electron chi connectivity index (χ1n) is 6.17. The fourth-order valence-electron chi connectivity index (χ4n) is 1.68. The quantitative estimate of drug-likeness (QED) is 0.811. The molecule has 1 amide bonds.